The van der Waals surface area contributed by atoms with Crippen LogP contribution in [0.25, 0.3) is 0 Å². The van der Waals surface area contributed by atoms with E-state index in [-0.39, 0.29) is 24.0 Å². The van der Waals surface area contributed by atoms with Crippen molar-refractivity contribution in [3.05, 3.63) is 30.3 Å². The Morgan fingerprint density at radius 3 is 2.42 bits per heavy atom. The van der Waals surface area contributed by atoms with Gasteiger partial charge in [-0.25, -0.2) is 4.79 Å². The minimum Gasteiger partial charge on any atom is -0.459 e. The molecule has 4 atom stereocenters. The van der Waals surface area contributed by atoms with Crippen LogP contribution in [0.1, 0.15) is 58.8 Å². The topological polar surface area (TPSA) is 52.6 Å². The minimum absolute atomic E-state index is 0.219. The molecule has 3 rings (SSSR count). The number of benzene rings is 1. The second-order valence-corrected chi connectivity index (χ2v) is 8.93. The average Bonchev–Trinajstić information content (AvgIpc) is 3.07. The molecule has 0 aromatic heterocycles. The van der Waals surface area contributed by atoms with Gasteiger partial charge in [0.25, 0.3) is 0 Å². The zero-order valence-electron chi connectivity index (χ0n) is 15.6. The average molecular weight is 377 g/mol. The fraction of sp³-hybridized carbons (Fsp3) is 0.619. The first kappa shape index (κ1) is 19.3. The lowest BCUT2D eigenvalue weighted by molar-refractivity contribution is -0.158. The maximum absolute atomic E-state index is 12.6. The smallest absolute Gasteiger partial charge is 0.348 e. The molecule has 2 aliphatic rings. The summed E-state index contributed by atoms with van der Waals surface area (Å²) in [5.74, 6) is -0.897. The summed E-state index contributed by atoms with van der Waals surface area (Å²) in [6, 6.07) is 9.82. The van der Waals surface area contributed by atoms with E-state index in [4.69, 9.17) is 9.47 Å². The van der Waals surface area contributed by atoms with Crippen molar-refractivity contribution in [2.24, 2.45) is 5.92 Å². The molecule has 1 aromatic carbocycles. The lowest BCUT2D eigenvalue weighted by Crippen LogP contribution is -2.40. The number of hydrogen-bond donors (Lipinski definition) is 0. The molecule has 2 fully saturated rings. The number of carbonyl (C=O) groups is 2. The van der Waals surface area contributed by atoms with Gasteiger partial charge in [0.15, 0.2) is 0 Å². The third kappa shape index (κ3) is 3.93. The maximum atomic E-state index is 12.6. The number of rotatable bonds is 9. The van der Waals surface area contributed by atoms with Crippen molar-refractivity contribution in [3.63, 3.8) is 0 Å². The van der Waals surface area contributed by atoms with Crippen molar-refractivity contribution in [1.29, 1.82) is 0 Å². The SMILES string of the molecule is CCCCCCCC[C@@H]1OC(=O)[C@@H]2OC(=O)[C@@](C)(Sc3ccccc3)[C@H]12. The Morgan fingerprint density at radius 1 is 1.00 bits per heavy atom. The lowest BCUT2D eigenvalue weighted by atomic mass is 9.85. The van der Waals surface area contributed by atoms with E-state index in [9.17, 15) is 9.59 Å². The number of esters is 2. The van der Waals surface area contributed by atoms with Gasteiger partial charge < -0.3 is 9.47 Å². The molecule has 5 heteroatoms. The van der Waals surface area contributed by atoms with Crippen molar-refractivity contribution in [2.75, 3.05) is 0 Å². The number of cyclic esters (lactones) is 1. The summed E-state index contributed by atoms with van der Waals surface area (Å²) in [5.41, 5.74) is 0. The number of unbranched alkanes of at least 4 members (excludes halogenated alkanes) is 5. The maximum Gasteiger partial charge on any atom is 0.348 e. The van der Waals surface area contributed by atoms with Gasteiger partial charge in [-0.2, -0.15) is 0 Å². The van der Waals surface area contributed by atoms with Crippen LogP contribution in [0, 0.1) is 5.92 Å². The zero-order chi connectivity index (χ0) is 18.6. The molecule has 142 valence electrons. The van der Waals surface area contributed by atoms with E-state index in [1.54, 1.807) is 0 Å². The Labute approximate surface area is 160 Å². The molecule has 0 saturated carbocycles. The molecule has 0 amide bonds. The first-order chi connectivity index (χ1) is 12.6. The third-order valence-electron chi connectivity index (χ3n) is 5.42. The molecule has 2 saturated heterocycles. The van der Waals surface area contributed by atoms with Gasteiger partial charge >= 0.3 is 11.9 Å². The van der Waals surface area contributed by atoms with Crippen LogP contribution in [0.4, 0.5) is 0 Å². The van der Waals surface area contributed by atoms with Gasteiger partial charge in [-0.15, -0.1) is 11.8 Å². The standard InChI is InChI=1S/C21H28O4S/c1-3-4-5-6-7-11-14-16-17-18(19(22)24-16)25-20(23)21(17,2)26-15-12-9-8-10-13-15/h8-10,12-13,16-18H,3-7,11,14H2,1-2H3/t16-,17+,18+,21-/m0/s1. The second-order valence-electron chi connectivity index (χ2n) is 7.41. The number of thioether (sulfide) groups is 1. The third-order valence-corrected chi connectivity index (χ3v) is 6.79. The van der Waals surface area contributed by atoms with E-state index in [2.05, 4.69) is 6.92 Å². The molecule has 1 aromatic rings. The lowest BCUT2D eigenvalue weighted by Gasteiger charge is -2.28. The van der Waals surface area contributed by atoms with Gasteiger partial charge in [0.05, 0.1) is 5.92 Å². The van der Waals surface area contributed by atoms with Gasteiger partial charge in [-0.3, -0.25) is 4.79 Å². The Hall–Kier alpha value is -1.49. The molecule has 26 heavy (non-hydrogen) atoms. The van der Waals surface area contributed by atoms with Gasteiger partial charge in [0.1, 0.15) is 10.9 Å². The summed E-state index contributed by atoms with van der Waals surface area (Å²) >= 11 is 1.49. The van der Waals surface area contributed by atoms with Crippen molar-refractivity contribution >= 4 is 23.7 Å². The molecule has 4 nitrogen and oxygen atoms in total. The predicted octanol–water partition coefficient (Wildman–Crippen LogP) is 4.76. The molecule has 0 unspecified atom stereocenters. The Balaban J connectivity index is 1.66. The summed E-state index contributed by atoms with van der Waals surface area (Å²) in [6.45, 7) is 4.11. The number of carbonyl (C=O) groups excluding carboxylic acids is 2. The molecule has 0 aliphatic carbocycles. The number of ether oxygens (including phenoxy) is 2. The van der Waals surface area contributed by atoms with E-state index in [0.717, 1.165) is 24.2 Å². The van der Waals surface area contributed by atoms with Crippen LogP contribution >= 0.6 is 11.8 Å². The number of fused-ring (bicyclic) bond motifs is 1. The number of hydrogen-bond acceptors (Lipinski definition) is 5. The van der Waals surface area contributed by atoms with Crippen LogP contribution < -0.4 is 0 Å². The second kappa shape index (κ2) is 8.47. The first-order valence-electron chi connectivity index (χ1n) is 9.72. The van der Waals surface area contributed by atoms with E-state index in [1.165, 1.54) is 37.4 Å². The Kier molecular flexibility index (Phi) is 6.28. The molecule has 2 aliphatic heterocycles. The molecular weight excluding hydrogens is 348 g/mol. The summed E-state index contributed by atoms with van der Waals surface area (Å²) in [6.07, 6.45) is 6.98. The molecular formula is C21H28O4S. The van der Waals surface area contributed by atoms with Gasteiger partial charge in [-0.05, 0) is 31.9 Å². The van der Waals surface area contributed by atoms with Crippen molar-refractivity contribution in [3.8, 4) is 0 Å². The summed E-state index contributed by atoms with van der Waals surface area (Å²) in [7, 11) is 0. The molecule has 0 N–H and O–H groups in total. The van der Waals surface area contributed by atoms with Gasteiger partial charge in [0.2, 0.25) is 6.10 Å². The van der Waals surface area contributed by atoms with Crippen molar-refractivity contribution in [1.82, 2.24) is 0 Å². The first-order valence-corrected chi connectivity index (χ1v) is 10.5. The van der Waals surface area contributed by atoms with Crippen LogP contribution in [0.15, 0.2) is 35.2 Å². The Bertz CT molecular complexity index is 632. The highest BCUT2D eigenvalue weighted by Gasteiger charge is 2.65. The molecule has 0 spiro atoms. The highest BCUT2D eigenvalue weighted by Crippen LogP contribution is 2.51. The minimum atomic E-state index is -0.787. The van der Waals surface area contributed by atoms with E-state index in [0.29, 0.717) is 0 Å². The van der Waals surface area contributed by atoms with Crippen LogP contribution in [-0.4, -0.2) is 28.9 Å². The monoisotopic (exact) mass is 376 g/mol. The molecule has 0 bridgehead atoms. The van der Waals surface area contributed by atoms with Crippen LogP contribution in [-0.2, 0) is 19.1 Å². The van der Waals surface area contributed by atoms with Crippen LogP contribution in [0.3, 0.4) is 0 Å². The van der Waals surface area contributed by atoms with Crippen molar-refractivity contribution in [2.45, 2.75) is 80.6 Å². The van der Waals surface area contributed by atoms with E-state index >= 15 is 0 Å². The van der Waals surface area contributed by atoms with Gasteiger partial charge in [0, 0.05) is 4.90 Å². The fourth-order valence-corrected chi connectivity index (χ4v) is 5.30. The molecule has 0 radical (unpaired) electrons. The zero-order valence-corrected chi connectivity index (χ0v) is 16.4. The van der Waals surface area contributed by atoms with Gasteiger partial charge in [-0.1, -0.05) is 57.2 Å². The summed E-state index contributed by atoms with van der Waals surface area (Å²) < 4.78 is 10.3. The Morgan fingerprint density at radius 2 is 1.69 bits per heavy atom. The molecule has 2 heterocycles. The fourth-order valence-electron chi connectivity index (χ4n) is 3.97. The van der Waals surface area contributed by atoms with Crippen LogP contribution in [0.2, 0.25) is 0 Å². The van der Waals surface area contributed by atoms with Crippen molar-refractivity contribution < 1.29 is 19.1 Å². The van der Waals surface area contributed by atoms with E-state index in [1.807, 2.05) is 37.3 Å². The highest BCUT2D eigenvalue weighted by atomic mass is 32.2. The van der Waals surface area contributed by atoms with Crippen LogP contribution in [0.5, 0.6) is 0 Å². The quantitative estimate of drug-likeness (QED) is 0.460. The normalized spacial score (nSPS) is 30.2. The summed E-state index contributed by atoms with van der Waals surface area (Å²) in [5, 5.41) is 0. The summed E-state index contributed by atoms with van der Waals surface area (Å²) in [4.78, 5) is 25.8. The highest BCUT2D eigenvalue weighted by molar-refractivity contribution is 8.01. The predicted molar refractivity (Wildman–Crippen MR) is 102 cm³/mol. The largest absolute Gasteiger partial charge is 0.459 e. The van der Waals surface area contributed by atoms with E-state index < -0.39 is 10.9 Å².